The minimum atomic E-state index is 0.613. The second kappa shape index (κ2) is 8.57. The van der Waals surface area contributed by atoms with Crippen LogP contribution >= 0.6 is 0 Å². The molecule has 0 radical (unpaired) electrons. The monoisotopic (exact) mass is 262 g/mol. The smallest absolute Gasteiger partial charge is 0.209 e. The third-order valence-electron chi connectivity index (χ3n) is 3.44. The number of hydrogen-bond acceptors (Lipinski definition) is 2. The van der Waals surface area contributed by atoms with E-state index < -0.39 is 0 Å². The second-order valence-corrected chi connectivity index (χ2v) is 4.57. The van der Waals surface area contributed by atoms with Crippen molar-refractivity contribution in [2.24, 2.45) is 0 Å². The molecule has 1 aromatic carbocycles. The van der Waals surface area contributed by atoms with Crippen molar-refractivity contribution in [1.82, 2.24) is 4.90 Å². The van der Waals surface area contributed by atoms with E-state index >= 15 is 0 Å². The minimum Gasteiger partial charge on any atom is -0.385 e. The van der Waals surface area contributed by atoms with Crippen LogP contribution in [0.25, 0.3) is 0 Å². The van der Waals surface area contributed by atoms with Crippen LogP contribution in [0.4, 0.5) is 5.69 Å². The molecule has 19 heavy (non-hydrogen) atoms. The van der Waals surface area contributed by atoms with E-state index in [4.69, 9.17) is 0 Å². The lowest BCUT2D eigenvalue weighted by Crippen LogP contribution is -2.31. The average molecular weight is 262 g/mol. The maximum Gasteiger partial charge on any atom is 0.209 e. The first-order chi connectivity index (χ1) is 9.33. The number of anilines is 1. The van der Waals surface area contributed by atoms with Crippen molar-refractivity contribution in [2.45, 2.75) is 39.5 Å². The highest BCUT2D eigenvalue weighted by Gasteiger charge is 2.19. The molecule has 0 aliphatic carbocycles. The van der Waals surface area contributed by atoms with Crippen molar-refractivity contribution in [1.29, 1.82) is 0 Å². The molecule has 1 aliphatic heterocycles. The van der Waals surface area contributed by atoms with Crippen molar-refractivity contribution in [2.75, 3.05) is 25.0 Å². The molecule has 0 bridgehead atoms. The Morgan fingerprint density at radius 1 is 1.21 bits per heavy atom. The van der Waals surface area contributed by atoms with Gasteiger partial charge in [0.15, 0.2) is 0 Å². The summed E-state index contributed by atoms with van der Waals surface area (Å²) < 4.78 is 0. The third kappa shape index (κ3) is 4.58. The first-order valence-electron chi connectivity index (χ1n) is 7.36. The maximum atomic E-state index is 10.6. The molecule has 3 nitrogen and oxygen atoms in total. The lowest BCUT2D eigenvalue weighted by atomic mass is 9.89. The number of nitrogens with one attached hydrogen (secondary N) is 1. The van der Waals surface area contributed by atoms with Crippen LogP contribution in [0.3, 0.4) is 0 Å². The molecule has 0 saturated carbocycles. The van der Waals surface area contributed by atoms with Crippen LogP contribution in [-0.2, 0) is 4.79 Å². The van der Waals surface area contributed by atoms with Gasteiger partial charge in [-0.1, -0.05) is 26.0 Å². The van der Waals surface area contributed by atoms with Crippen molar-refractivity contribution in [3.8, 4) is 0 Å². The largest absolute Gasteiger partial charge is 0.385 e. The highest BCUT2D eigenvalue weighted by molar-refractivity contribution is 5.48. The van der Waals surface area contributed by atoms with E-state index in [1.807, 2.05) is 18.7 Å². The lowest BCUT2D eigenvalue weighted by Gasteiger charge is -2.29. The number of amides is 1. The van der Waals surface area contributed by atoms with E-state index in [1.54, 1.807) is 0 Å². The zero-order chi connectivity index (χ0) is 14.1. The molecule has 106 valence electrons. The normalized spacial score (nSPS) is 15.4. The standard InChI is InChI=1S/C14H20N2O.C2H6/c1-2-15-14-5-3-12(4-6-14)13-7-9-16(11-17)10-8-13;1-2/h3-6,11,13,15H,2,7-10H2,1H3;1-2H3. The van der Waals surface area contributed by atoms with Gasteiger partial charge in [0.05, 0.1) is 0 Å². The Balaban J connectivity index is 0.000000861. The molecule has 0 unspecified atom stereocenters. The predicted molar refractivity (Wildman–Crippen MR) is 81.6 cm³/mol. The van der Waals surface area contributed by atoms with Crippen LogP contribution in [0.1, 0.15) is 45.1 Å². The topological polar surface area (TPSA) is 32.3 Å². The Kier molecular flexibility index (Phi) is 7.01. The first-order valence-corrected chi connectivity index (χ1v) is 7.36. The molecule has 1 amide bonds. The van der Waals surface area contributed by atoms with Gasteiger partial charge >= 0.3 is 0 Å². The summed E-state index contributed by atoms with van der Waals surface area (Å²) >= 11 is 0. The van der Waals surface area contributed by atoms with Crippen LogP contribution in [0, 0.1) is 0 Å². The number of piperidine rings is 1. The second-order valence-electron chi connectivity index (χ2n) is 4.57. The lowest BCUT2D eigenvalue weighted by molar-refractivity contribution is -0.119. The van der Waals surface area contributed by atoms with Gasteiger partial charge in [0, 0.05) is 25.3 Å². The Hall–Kier alpha value is -1.51. The molecule has 1 heterocycles. The molecule has 1 fully saturated rings. The molecular weight excluding hydrogens is 236 g/mol. The highest BCUT2D eigenvalue weighted by atomic mass is 16.1. The van der Waals surface area contributed by atoms with Crippen LogP contribution in [0.5, 0.6) is 0 Å². The molecule has 2 rings (SSSR count). The number of carbonyl (C=O) groups excluding carboxylic acids is 1. The molecule has 1 saturated heterocycles. The number of nitrogens with zero attached hydrogens (tertiary/aromatic N) is 1. The van der Waals surface area contributed by atoms with Gasteiger partial charge in [-0.05, 0) is 43.4 Å². The SMILES string of the molecule is CC.CCNc1ccc(C2CCN(C=O)CC2)cc1. The molecule has 0 atom stereocenters. The quantitative estimate of drug-likeness (QED) is 0.843. The van der Waals surface area contributed by atoms with E-state index in [-0.39, 0.29) is 0 Å². The number of likely N-dealkylation sites (tertiary alicyclic amines) is 1. The number of benzene rings is 1. The fraction of sp³-hybridized carbons (Fsp3) is 0.562. The van der Waals surface area contributed by atoms with Crippen LogP contribution in [-0.4, -0.2) is 30.9 Å². The molecule has 1 aromatic rings. The van der Waals surface area contributed by atoms with Gasteiger partial charge in [-0.15, -0.1) is 0 Å². The van der Waals surface area contributed by atoms with Gasteiger partial charge in [-0.25, -0.2) is 0 Å². The number of carbonyl (C=O) groups is 1. The van der Waals surface area contributed by atoms with Crippen molar-refractivity contribution in [3.05, 3.63) is 29.8 Å². The zero-order valence-electron chi connectivity index (χ0n) is 12.4. The van der Waals surface area contributed by atoms with E-state index in [2.05, 4.69) is 36.5 Å². The minimum absolute atomic E-state index is 0.613. The van der Waals surface area contributed by atoms with E-state index in [0.29, 0.717) is 5.92 Å². The van der Waals surface area contributed by atoms with Gasteiger partial charge < -0.3 is 10.2 Å². The number of hydrogen-bond donors (Lipinski definition) is 1. The summed E-state index contributed by atoms with van der Waals surface area (Å²) in [5.74, 6) is 0.613. The summed E-state index contributed by atoms with van der Waals surface area (Å²) in [4.78, 5) is 12.5. The molecule has 1 N–H and O–H groups in total. The van der Waals surface area contributed by atoms with Crippen molar-refractivity contribution < 1.29 is 4.79 Å². The van der Waals surface area contributed by atoms with Crippen molar-refractivity contribution in [3.63, 3.8) is 0 Å². The summed E-state index contributed by atoms with van der Waals surface area (Å²) in [6.07, 6.45) is 3.13. The Labute approximate surface area is 117 Å². The molecular formula is C16H26N2O. The van der Waals surface area contributed by atoms with Gasteiger partial charge in [0.2, 0.25) is 6.41 Å². The van der Waals surface area contributed by atoms with Crippen LogP contribution in [0.15, 0.2) is 24.3 Å². The van der Waals surface area contributed by atoms with Gasteiger partial charge in [-0.3, -0.25) is 4.79 Å². The summed E-state index contributed by atoms with van der Waals surface area (Å²) in [5, 5.41) is 3.30. The molecule has 0 aromatic heterocycles. The molecule has 0 spiro atoms. The van der Waals surface area contributed by atoms with Gasteiger partial charge in [0.25, 0.3) is 0 Å². The summed E-state index contributed by atoms with van der Waals surface area (Å²) in [6.45, 7) is 8.84. The third-order valence-corrected chi connectivity index (χ3v) is 3.44. The van der Waals surface area contributed by atoms with Crippen molar-refractivity contribution >= 4 is 12.1 Å². The van der Waals surface area contributed by atoms with Gasteiger partial charge in [0.1, 0.15) is 0 Å². The fourth-order valence-electron chi connectivity index (χ4n) is 2.42. The fourth-order valence-corrected chi connectivity index (χ4v) is 2.42. The predicted octanol–water partition coefficient (Wildman–Crippen LogP) is 3.48. The van der Waals surface area contributed by atoms with E-state index in [9.17, 15) is 4.79 Å². The maximum absolute atomic E-state index is 10.6. The molecule has 3 heteroatoms. The Bertz CT molecular complexity index is 354. The van der Waals surface area contributed by atoms with E-state index in [0.717, 1.165) is 38.9 Å². The van der Waals surface area contributed by atoms with Gasteiger partial charge in [-0.2, -0.15) is 0 Å². The molecule has 1 aliphatic rings. The van der Waals surface area contributed by atoms with E-state index in [1.165, 1.54) is 11.3 Å². The number of rotatable bonds is 4. The van der Waals surface area contributed by atoms with Crippen LogP contribution in [0.2, 0.25) is 0 Å². The highest BCUT2D eigenvalue weighted by Crippen LogP contribution is 2.28. The average Bonchev–Trinajstić information content (AvgIpc) is 2.51. The van der Waals surface area contributed by atoms with Crippen LogP contribution < -0.4 is 5.32 Å². The Morgan fingerprint density at radius 3 is 2.26 bits per heavy atom. The summed E-state index contributed by atoms with van der Waals surface area (Å²) in [6, 6.07) is 8.70. The first kappa shape index (κ1) is 15.5. The zero-order valence-corrected chi connectivity index (χ0v) is 12.4. The Morgan fingerprint density at radius 2 is 1.79 bits per heavy atom. The summed E-state index contributed by atoms with van der Waals surface area (Å²) in [7, 11) is 0. The summed E-state index contributed by atoms with van der Waals surface area (Å²) in [5.41, 5.74) is 2.58.